The average Bonchev–Trinajstić information content (AvgIpc) is 2.88. The molecule has 36 heavy (non-hydrogen) atoms. The van der Waals surface area contributed by atoms with Crippen LogP contribution < -0.4 is 9.80 Å². The zero-order chi connectivity index (χ0) is 26.0. The Hall–Kier alpha value is -3.02. The number of morpholine rings is 1. The first-order valence-corrected chi connectivity index (χ1v) is 13.3. The van der Waals surface area contributed by atoms with Crippen molar-refractivity contribution in [2.45, 2.75) is 11.8 Å². The molecule has 0 saturated carbocycles. The fourth-order valence-corrected chi connectivity index (χ4v) is 5.37. The third kappa shape index (κ3) is 5.23. The van der Waals surface area contributed by atoms with Gasteiger partial charge in [-0.3, -0.25) is 9.59 Å². The molecule has 2 saturated heterocycles. The van der Waals surface area contributed by atoms with Crippen molar-refractivity contribution in [3.63, 3.8) is 0 Å². The summed E-state index contributed by atoms with van der Waals surface area (Å²) < 4.78 is 46.7. The van der Waals surface area contributed by atoms with Gasteiger partial charge in [-0.2, -0.15) is 0 Å². The molecule has 4 rings (SSSR count). The molecular formula is C25H31FN4O5S. The summed E-state index contributed by atoms with van der Waals surface area (Å²) in [6.45, 7) is 5.15. The van der Waals surface area contributed by atoms with Crippen molar-refractivity contribution in [1.82, 2.24) is 9.21 Å². The van der Waals surface area contributed by atoms with E-state index in [2.05, 4.69) is 0 Å². The molecular weight excluding hydrogens is 487 g/mol. The standard InChI is InChI=1S/C25H31FN4O5S/c1-18(31)19-4-6-24(22(26)16-19)28-8-10-30(11-9-28)25(32)21-17-20(36(33,34)27(2)3)5-7-23(21)29-12-14-35-15-13-29/h4-7,16-17H,8-15H2,1-3H3. The van der Waals surface area contributed by atoms with E-state index in [1.54, 1.807) is 23.1 Å². The van der Waals surface area contributed by atoms with Gasteiger partial charge in [-0.15, -0.1) is 0 Å². The molecule has 2 aromatic carbocycles. The number of carbonyl (C=O) groups is 2. The van der Waals surface area contributed by atoms with Crippen LogP contribution in [0.3, 0.4) is 0 Å². The molecule has 194 valence electrons. The monoisotopic (exact) mass is 518 g/mol. The molecule has 0 unspecified atom stereocenters. The second-order valence-corrected chi connectivity index (χ2v) is 11.2. The Labute approximate surface area is 211 Å². The number of hydrogen-bond acceptors (Lipinski definition) is 7. The molecule has 0 aliphatic carbocycles. The first-order valence-electron chi connectivity index (χ1n) is 11.8. The van der Waals surface area contributed by atoms with Gasteiger partial charge in [0.1, 0.15) is 5.82 Å². The smallest absolute Gasteiger partial charge is 0.256 e. The van der Waals surface area contributed by atoms with E-state index in [4.69, 9.17) is 4.74 Å². The number of ketones is 1. The maximum absolute atomic E-state index is 14.6. The summed E-state index contributed by atoms with van der Waals surface area (Å²) in [6, 6.07) is 9.11. The van der Waals surface area contributed by atoms with Gasteiger partial charge in [-0.1, -0.05) is 0 Å². The van der Waals surface area contributed by atoms with Crippen LogP contribution >= 0.6 is 0 Å². The minimum atomic E-state index is -3.72. The third-order valence-corrected chi connectivity index (χ3v) is 8.40. The van der Waals surface area contributed by atoms with E-state index in [-0.39, 0.29) is 16.6 Å². The highest BCUT2D eigenvalue weighted by molar-refractivity contribution is 7.89. The van der Waals surface area contributed by atoms with Crippen LogP contribution in [0.2, 0.25) is 0 Å². The fraction of sp³-hybridized carbons (Fsp3) is 0.440. The first-order chi connectivity index (χ1) is 17.1. The highest BCUT2D eigenvalue weighted by Crippen LogP contribution is 2.29. The minimum absolute atomic E-state index is 0.0547. The predicted molar refractivity (Wildman–Crippen MR) is 135 cm³/mol. The van der Waals surface area contributed by atoms with Gasteiger partial charge < -0.3 is 19.4 Å². The lowest BCUT2D eigenvalue weighted by molar-refractivity contribution is 0.0745. The normalized spacial score (nSPS) is 17.0. The highest BCUT2D eigenvalue weighted by Gasteiger charge is 2.29. The minimum Gasteiger partial charge on any atom is -0.378 e. The predicted octanol–water partition coefficient (Wildman–Crippen LogP) is 2.08. The van der Waals surface area contributed by atoms with Gasteiger partial charge in [-0.25, -0.2) is 17.1 Å². The van der Waals surface area contributed by atoms with Crippen molar-refractivity contribution in [3.05, 3.63) is 53.3 Å². The molecule has 2 fully saturated rings. The number of nitrogens with zero attached hydrogens (tertiary/aromatic N) is 4. The van der Waals surface area contributed by atoms with E-state index in [1.165, 1.54) is 39.2 Å². The number of carbonyl (C=O) groups excluding carboxylic acids is 2. The van der Waals surface area contributed by atoms with Crippen LogP contribution in [-0.4, -0.2) is 95.9 Å². The summed E-state index contributed by atoms with van der Waals surface area (Å²) in [6.07, 6.45) is 0. The largest absolute Gasteiger partial charge is 0.378 e. The van der Waals surface area contributed by atoms with Gasteiger partial charge in [0.15, 0.2) is 5.78 Å². The van der Waals surface area contributed by atoms with E-state index in [0.717, 1.165) is 4.31 Å². The zero-order valence-electron chi connectivity index (χ0n) is 20.7. The number of hydrogen-bond donors (Lipinski definition) is 0. The Morgan fingerprint density at radius 2 is 1.50 bits per heavy atom. The molecule has 11 heteroatoms. The van der Waals surface area contributed by atoms with Crippen molar-refractivity contribution in [2.75, 3.05) is 76.4 Å². The second kappa shape index (κ2) is 10.5. The molecule has 0 atom stereocenters. The van der Waals surface area contributed by atoms with Crippen LogP contribution in [0.5, 0.6) is 0 Å². The number of benzene rings is 2. The van der Waals surface area contributed by atoms with Gasteiger partial charge in [0.05, 0.1) is 29.4 Å². The lowest BCUT2D eigenvalue weighted by atomic mass is 10.1. The van der Waals surface area contributed by atoms with E-state index < -0.39 is 15.8 Å². The third-order valence-electron chi connectivity index (χ3n) is 6.59. The van der Waals surface area contributed by atoms with Crippen LogP contribution in [0.25, 0.3) is 0 Å². The average molecular weight is 519 g/mol. The summed E-state index contributed by atoms with van der Waals surface area (Å²) in [5.41, 5.74) is 1.70. The van der Waals surface area contributed by atoms with Crippen LogP contribution in [-0.2, 0) is 14.8 Å². The molecule has 0 aromatic heterocycles. The molecule has 2 aliphatic heterocycles. The molecule has 2 heterocycles. The van der Waals surface area contributed by atoms with Gasteiger partial charge >= 0.3 is 0 Å². The van der Waals surface area contributed by atoms with E-state index in [9.17, 15) is 22.4 Å². The topological polar surface area (TPSA) is 90.5 Å². The number of piperazine rings is 1. The molecule has 0 spiro atoms. The Kier molecular flexibility index (Phi) is 7.62. The summed E-state index contributed by atoms with van der Waals surface area (Å²) >= 11 is 0. The second-order valence-electron chi connectivity index (χ2n) is 9.07. The Balaban J connectivity index is 1.57. The molecule has 0 radical (unpaired) electrons. The summed E-state index contributed by atoms with van der Waals surface area (Å²) in [4.78, 5) is 30.8. The quantitative estimate of drug-likeness (QED) is 0.541. The molecule has 2 aromatic rings. The van der Waals surface area contributed by atoms with E-state index in [1.807, 2.05) is 9.80 Å². The number of sulfonamides is 1. The maximum atomic E-state index is 14.6. The summed E-state index contributed by atoms with van der Waals surface area (Å²) in [5.74, 6) is -0.941. The number of anilines is 2. The van der Waals surface area contributed by atoms with Gasteiger partial charge in [0.25, 0.3) is 5.91 Å². The van der Waals surface area contributed by atoms with Crippen LogP contribution in [0.4, 0.5) is 15.8 Å². The number of amides is 1. The van der Waals surface area contributed by atoms with Crippen LogP contribution in [0.15, 0.2) is 41.3 Å². The molecule has 1 amide bonds. The molecule has 2 aliphatic rings. The van der Waals surface area contributed by atoms with Crippen molar-refractivity contribution < 1.29 is 27.1 Å². The Morgan fingerprint density at radius 1 is 0.889 bits per heavy atom. The van der Waals surface area contributed by atoms with Crippen molar-refractivity contribution in [1.29, 1.82) is 0 Å². The molecule has 9 nitrogen and oxygen atoms in total. The van der Waals surface area contributed by atoms with Gasteiger partial charge in [0, 0.05) is 64.6 Å². The first kappa shape index (κ1) is 26.1. The SMILES string of the molecule is CC(=O)c1ccc(N2CCN(C(=O)c3cc(S(=O)(=O)N(C)C)ccc3N3CCOCC3)CC2)c(F)c1. The van der Waals surface area contributed by atoms with E-state index in [0.29, 0.717) is 75.0 Å². The number of rotatable bonds is 6. The Morgan fingerprint density at radius 3 is 2.08 bits per heavy atom. The van der Waals surface area contributed by atoms with Crippen LogP contribution in [0, 0.1) is 5.82 Å². The number of Topliss-reactive ketones (excluding diaryl/α,β-unsaturated/α-hetero) is 1. The van der Waals surface area contributed by atoms with Crippen LogP contribution in [0.1, 0.15) is 27.6 Å². The summed E-state index contributed by atoms with van der Waals surface area (Å²) in [5, 5.41) is 0. The number of halogens is 1. The van der Waals surface area contributed by atoms with Gasteiger partial charge in [0.2, 0.25) is 10.0 Å². The van der Waals surface area contributed by atoms with Crippen molar-refractivity contribution in [2.24, 2.45) is 0 Å². The fourth-order valence-electron chi connectivity index (χ4n) is 4.44. The van der Waals surface area contributed by atoms with Crippen molar-refractivity contribution >= 4 is 33.1 Å². The highest BCUT2D eigenvalue weighted by atomic mass is 32.2. The number of ether oxygens (including phenoxy) is 1. The van der Waals surface area contributed by atoms with E-state index >= 15 is 0 Å². The summed E-state index contributed by atoms with van der Waals surface area (Å²) in [7, 11) is -0.820. The maximum Gasteiger partial charge on any atom is 0.256 e. The molecule has 0 bridgehead atoms. The van der Waals surface area contributed by atoms with Crippen molar-refractivity contribution in [3.8, 4) is 0 Å². The zero-order valence-corrected chi connectivity index (χ0v) is 21.6. The lowest BCUT2D eigenvalue weighted by Gasteiger charge is -2.37. The van der Waals surface area contributed by atoms with Gasteiger partial charge in [-0.05, 0) is 43.3 Å². The Bertz CT molecular complexity index is 1250. The molecule has 0 N–H and O–H groups in total. The lowest BCUT2D eigenvalue weighted by Crippen LogP contribution is -2.49.